The van der Waals surface area contributed by atoms with E-state index in [-0.39, 0.29) is 23.6 Å². The minimum absolute atomic E-state index is 0.0547. The minimum atomic E-state index is -0.563. The fourth-order valence-electron chi connectivity index (χ4n) is 2.24. The molecule has 2 unspecified atom stereocenters. The van der Waals surface area contributed by atoms with Gasteiger partial charge in [0.1, 0.15) is 6.10 Å². The molecule has 1 fully saturated rings. The number of carbonyl (C=O) groups excluding carboxylic acids is 2. The Morgan fingerprint density at radius 2 is 2.25 bits per heavy atom. The highest BCUT2D eigenvalue weighted by atomic mass is 16.5. The number of rotatable bonds is 8. The average molecular weight is 284 g/mol. The molecular weight excluding hydrogens is 260 g/mol. The van der Waals surface area contributed by atoms with E-state index in [9.17, 15) is 9.59 Å². The van der Waals surface area contributed by atoms with E-state index in [1.807, 2.05) is 13.8 Å². The standard InChI is InChI=1S/C15H24O5/c1-10(2)8-13(20-14(17)11(3)9-16)5-4-12-6-7-19-15(12)18/h10,12-13,16H,3-9H2,1-2H3. The van der Waals surface area contributed by atoms with Crippen molar-refractivity contribution in [2.45, 2.75) is 45.6 Å². The molecule has 5 nitrogen and oxygen atoms in total. The normalized spacial score (nSPS) is 19.8. The summed E-state index contributed by atoms with van der Waals surface area (Å²) in [7, 11) is 0. The van der Waals surface area contributed by atoms with Crippen molar-refractivity contribution in [2.75, 3.05) is 13.2 Å². The van der Waals surface area contributed by atoms with Gasteiger partial charge >= 0.3 is 11.9 Å². The maximum Gasteiger partial charge on any atom is 0.336 e. The Labute approximate surface area is 119 Å². The van der Waals surface area contributed by atoms with Crippen molar-refractivity contribution in [3.63, 3.8) is 0 Å². The van der Waals surface area contributed by atoms with Crippen LogP contribution in [0.25, 0.3) is 0 Å². The molecule has 0 spiro atoms. The lowest BCUT2D eigenvalue weighted by atomic mass is 9.95. The molecule has 1 heterocycles. The van der Waals surface area contributed by atoms with E-state index in [2.05, 4.69) is 6.58 Å². The van der Waals surface area contributed by atoms with Crippen LogP contribution < -0.4 is 0 Å². The monoisotopic (exact) mass is 284 g/mol. The van der Waals surface area contributed by atoms with E-state index in [1.165, 1.54) is 0 Å². The summed E-state index contributed by atoms with van der Waals surface area (Å²) in [5, 5.41) is 8.88. The summed E-state index contributed by atoms with van der Waals surface area (Å²) in [4.78, 5) is 23.1. The first-order valence-electron chi connectivity index (χ1n) is 7.10. The van der Waals surface area contributed by atoms with Crippen molar-refractivity contribution in [1.82, 2.24) is 0 Å². The van der Waals surface area contributed by atoms with Gasteiger partial charge < -0.3 is 14.6 Å². The topological polar surface area (TPSA) is 72.8 Å². The Morgan fingerprint density at radius 1 is 1.55 bits per heavy atom. The molecule has 1 N–H and O–H groups in total. The molecule has 0 aromatic heterocycles. The van der Waals surface area contributed by atoms with E-state index in [0.717, 1.165) is 12.8 Å². The minimum Gasteiger partial charge on any atom is -0.465 e. The van der Waals surface area contributed by atoms with E-state index >= 15 is 0 Å². The van der Waals surface area contributed by atoms with E-state index < -0.39 is 12.6 Å². The second-order valence-electron chi connectivity index (χ2n) is 5.65. The molecule has 1 rings (SSSR count). The number of aliphatic hydroxyl groups is 1. The van der Waals surface area contributed by atoms with Crippen LogP contribution in [0.1, 0.15) is 39.5 Å². The summed E-state index contributed by atoms with van der Waals surface area (Å²) in [5.74, 6) is -0.415. The molecule has 20 heavy (non-hydrogen) atoms. The van der Waals surface area contributed by atoms with Crippen molar-refractivity contribution in [1.29, 1.82) is 0 Å². The van der Waals surface area contributed by atoms with Gasteiger partial charge in [0.05, 0.1) is 24.7 Å². The van der Waals surface area contributed by atoms with Crippen LogP contribution in [0, 0.1) is 11.8 Å². The molecule has 114 valence electrons. The predicted octanol–water partition coefficient (Wildman–Crippen LogP) is 1.84. The van der Waals surface area contributed by atoms with Crippen molar-refractivity contribution in [3.8, 4) is 0 Å². The van der Waals surface area contributed by atoms with Crippen LogP contribution in [0.2, 0.25) is 0 Å². The Hall–Kier alpha value is -1.36. The largest absolute Gasteiger partial charge is 0.465 e. The molecule has 0 aromatic carbocycles. The van der Waals surface area contributed by atoms with Gasteiger partial charge in [-0.05, 0) is 31.6 Å². The third kappa shape index (κ3) is 5.33. The van der Waals surface area contributed by atoms with Crippen LogP contribution >= 0.6 is 0 Å². The maximum atomic E-state index is 11.7. The number of hydrogen-bond donors (Lipinski definition) is 1. The first kappa shape index (κ1) is 16.7. The third-order valence-electron chi connectivity index (χ3n) is 3.37. The Kier molecular flexibility index (Phi) is 6.71. The lowest BCUT2D eigenvalue weighted by Crippen LogP contribution is -2.23. The molecule has 1 aliphatic rings. The maximum absolute atomic E-state index is 11.7. The summed E-state index contributed by atoms with van der Waals surface area (Å²) < 4.78 is 10.3. The zero-order valence-electron chi connectivity index (χ0n) is 12.3. The van der Waals surface area contributed by atoms with Crippen molar-refractivity contribution in [2.24, 2.45) is 11.8 Å². The molecule has 0 bridgehead atoms. The number of aliphatic hydroxyl groups excluding tert-OH is 1. The van der Waals surface area contributed by atoms with Gasteiger partial charge in [-0.2, -0.15) is 0 Å². The van der Waals surface area contributed by atoms with Gasteiger partial charge in [0.25, 0.3) is 0 Å². The van der Waals surface area contributed by atoms with Crippen LogP contribution in [0.15, 0.2) is 12.2 Å². The fraction of sp³-hybridized carbons (Fsp3) is 0.733. The number of ether oxygens (including phenoxy) is 2. The smallest absolute Gasteiger partial charge is 0.336 e. The molecule has 2 atom stereocenters. The van der Waals surface area contributed by atoms with Gasteiger partial charge in [0, 0.05) is 0 Å². The predicted molar refractivity (Wildman–Crippen MR) is 73.9 cm³/mol. The molecule has 0 amide bonds. The van der Waals surface area contributed by atoms with Gasteiger partial charge in [-0.25, -0.2) is 4.79 Å². The highest BCUT2D eigenvalue weighted by Gasteiger charge is 2.28. The van der Waals surface area contributed by atoms with Crippen molar-refractivity contribution >= 4 is 11.9 Å². The molecule has 0 radical (unpaired) electrons. The van der Waals surface area contributed by atoms with Gasteiger partial charge in [-0.3, -0.25) is 4.79 Å². The average Bonchev–Trinajstić information content (AvgIpc) is 2.79. The van der Waals surface area contributed by atoms with E-state index in [1.54, 1.807) is 0 Å². The van der Waals surface area contributed by atoms with Gasteiger partial charge in [0.2, 0.25) is 0 Å². The fourth-order valence-corrected chi connectivity index (χ4v) is 2.24. The zero-order chi connectivity index (χ0) is 15.1. The van der Waals surface area contributed by atoms with Crippen molar-refractivity contribution in [3.05, 3.63) is 12.2 Å². The Balaban J connectivity index is 2.48. The van der Waals surface area contributed by atoms with Crippen LogP contribution in [0.5, 0.6) is 0 Å². The van der Waals surface area contributed by atoms with Gasteiger partial charge in [-0.1, -0.05) is 20.4 Å². The Bertz CT molecular complexity index is 361. The molecule has 1 aliphatic heterocycles. The molecule has 1 saturated heterocycles. The molecule has 0 aliphatic carbocycles. The lowest BCUT2D eigenvalue weighted by molar-refractivity contribution is -0.146. The lowest BCUT2D eigenvalue weighted by Gasteiger charge is -2.20. The molecule has 0 saturated carbocycles. The van der Waals surface area contributed by atoms with Crippen LogP contribution in [-0.2, 0) is 19.1 Å². The highest BCUT2D eigenvalue weighted by Crippen LogP contribution is 2.24. The first-order chi connectivity index (χ1) is 9.43. The second kappa shape index (κ2) is 8.04. The number of cyclic esters (lactones) is 1. The summed E-state index contributed by atoms with van der Waals surface area (Å²) in [5.41, 5.74) is 0.0547. The number of hydrogen-bond acceptors (Lipinski definition) is 5. The molecule has 0 aromatic rings. The number of carbonyl (C=O) groups is 2. The summed E-state index contributed by atoms with van der Waals surface area (Å²) in [6, 6.07) is 0. The Morgan fingerprint density at radius 3 is 2.75 bits per heavy atom. The summed E-state index contributed by atoms with van der Waals surface area (Å²) in [6.45, 7) is 7.64. The van der Waals surface area contributed by atoms with Crippen LogP contribution in [-0.4, -0.2) is 36.4 Å². The molecule has 5 heteroatoms. The summed E-state index contributed by atoms with van der Waals surface area (Å²) in [6.07, 6.45) is 2.51. The van der Waals surface area contributed by atoms with Crippen LogP contribution in [0.3, 0.4) is 0 Å². The summed E-state index contributed by atoms with van der Waals surface area (Å²) >= 11 is 0. The SMILES string of the molecule is C=C(CO)C(=O)OC(CCC1CCOC1=O)CC(C)C. The zero-order valence-corrected chi connectivity index (χ0v) is 12.3. The third-order valence-corrected chi connectivity index (χ3v) is 3.37. The second-order valence-corrected chi connectivity index (χ2v) is 5.65. The van der Waals surface area contributed by atoms with E-state index in [4.69, 9.17) is 14.6 Å². The quantitative estimate of drug-likeness (QED) is 0.544. The number of esters is 2. The van der Waals surface area contributed by atoms with Crippen LogP contribution in [0.4, 0.5) is 0 Å². The van der Waals surface area contributed by atoms with E-state index in [0.29, 0.717) is 25.4 Å². The van der Waals surface area contributed by atoms with Gasteiger partial charge in [-0.15, -0.1) is 0 Å². The van der Waals surface area contributed by atoms with Crippen molar-refractivity contribution < 1.29 is 24.2 Å². The van der Waals surface area contributed by atoms with Gasteiger partial charge in [0.15, 0.2) is 0 Å². The molecular formula is C15H24O5. The highest BCUT2D eigenvalue weighted by molar-refractivity contribution is 5.88. The first-order valence-corrected chi connectivity index (χ1v) is 7.10.